The van der Waals surface area contributed by atoms with E-state index in [0.29, 0.717) is 0 Å². The number of aromatic amines is 2. The molecule has 0 aliphatic carbocycles. The molecule has 2 N–H and O–H groups in total. The van der Waals surface area contributed by atoms with Crippen molar-refractivity contribution in [2.75, 3.05) is 0 Å². The van der Waals surface area contributed by atoms with Crippen LogP contribution in [0.3, 0.4) is 0 Å². The van der Waals surface area contributed by atoms with Gasteiger partial charge in [0.25, 0.3) is 0 Å². The Morgan fingerprint density at radius 3 is 2.29 bits per heavy atom. The number of rotatable bonds is 1. The van der Waals surface area contributed by atoms with E-state index in [2.05, 4.69) is 47.0 Å². The second-order valence-electron chi connectivity index (χ2n) is 4.86. The minimum atomic E-state index is 0.737. The third-order valence-corrected chi connectivity index (χ3v) is 5.09. The highest BCUT2D eigenvalue weighted by atomic mass is 79.9. The van der Waals surface area contributed by atoms with Gasteiger partial charge in [-0.1, -0.05) is 30.3 Å². The molecule has 4 nitrogen and oxygen atoms in total. The number of benzene rings is 2. The van der Waals surface area contributed by atoms with E-state index in [1.54, 1.807) is 0 Å². The number of halogens is 2. The van der Waals surface area contributed by atoms with Gasteiger partial charge in [0.15, 0.2) is 5.82 Å². The van der Waals surface area contributed by atoms with Crippen LogP contribution in [0.15, 0.2) is 39.3 Å². The zero-order valence-electron chi connectivity index (χ0n) is 11.0. The Morgan fingerprint density at radius 1 is 0.905 bits per heavy atom. The minimum Gasteiger partial charge on any atom is -0.305 e. The number of hydrogen-bond acceptors (Lipinski definition) is 2. The lowest BCUT2D eigenvalue weighted by atomic mass is 10.2. The van der Waals surface area contributed by atoms with E-state index in [-0.39, 0.29) is 0 Å². The van der Waals surface area contributed by atoms with E-state index in [1.165, 1.54) is 0 Å². The molecule has 2 heterocycles. The summed E-state index contributed by atoms with van der Waals surface area (Å²) >= 11 is 7.31. The van der Waals surface area contributed by atoms with Crippen molar-refractivity contribution in [3.8, 4) is 11.4 Å². The fourth-order valence-corrected chi connectivity index (χ4v) is 3.86. The molecular formula is C15H10Br2N4. The van der Waals surface area contributed by atoms with Crippen LogP contribution in [0.2, 0.25) is 0 Å². The number of hydrogen-bond donors (Lipinski definition) is 2. The van der Waals surface area contributed by atoms with Crippen molar-refractivity contribution in [1.82, 2.24) is 20.2 Å². The quantitative estimate of drug-likeness (QED) is 0.471. The van der Waals surface area contributed by atoms with Gasteiger partial charge in [0.2, 0.25) is 0 Å². The maximum atomic E-state index is 4.70. The van der Waals surface area contributed by atoms with Crippen molar-refractivity contribution in [3.05, 3.63) is 45.0 Å². The van der Waals surface area contributed by atoms with Crippen molar-refractivity contribution < 1.29 is 0 Å². The molecule has 0 spiro atoms. The Hall–Kier alpha value is -1.66. The van der Waals surface area contributed by atoms with Gasteiger partial charge in [-0.2, -0.15) is 0 Å². The molecule has 104 valence electrons. The molecule has 6 heteroatoms. The van der Waals surface area contributed by atoms with Crippen LogP contribution in [0, 0.1) is 6.92 Å². The Balaban J connectivity index is 2.10. The summed E-state index contributed by atoms with van der Waals surface area (Å²) in [5.74, 6) is 0.737. The lowest BCUT2D eigenvalue weighted by Gasteiger charge is -1.99. The predicted molar refractivity (Wildman–Crippen MR) is 91.3 cm³/mol. The molecule has 4 aromatic rings. The summed E-state index contributed by atoms with van der Waals surface area (Å²) in [6.07, 6.45) is 0. The molecule has 0 saturated carbocycles. The normalized spacial score (nSPS) is 11.6. The first-order valence-electron chi connectivity index (χ1n) is 6.43. The van der Waals surface area contributed by atoms with Crippen LogP contribution < -0.4 is 0 Å². The van der Waals surface area contributed by atoms with Crippen molar-refractivity contribution >= 4 is 53.8 Å². The summed E-state index contributed by atoms with van der Waals surface area (Å²) in [6.45, 7) is 2.02. The van der Waals surface area contributed by atoms with Crippen molar-refractivity contribution in [3.63, 3.8) is 0 Å². The van der Waals surface area contributed by atoms with Gasteiger partial charge in [-0.15, -0.1) is 0 Å². The van der Waals surface area contributed by atoms with E-state index < -0.39 is 0 Å². The first kappa shape index (κ1) is 13.0. The summed E-state index contributed by atoms with van der Waals surface area (Å²) in [5.41, 5.74) is 4.78. The minimum absolute atomic E-state index is 0.737. The highest BCUT2D eigenvalue weighted by molar-refractivity contribution is 9.11. The SMILES string of the molecule is Cc1[nH][nH]c2c(Br)c3nc(-c4ccccc4)nc3c(Br)c12. The molecule has 4 rings (SSSR count). The Kier molecular flexibility index (Phi) is 2.90. The molecule has 2 aromatic carbocycles. The maximum Gasteiger partial charge on any atom is 0.160 e. The number of aromatic nitrogens is 4. The van der Waals surface area contributed by atoms with E-state index >= 15 is 0 Å². The van der Waals surface area contributed by atoms with Crippen LogP contribution in [0.25, 0.3) is 33.3 Å². The second-order valence-corrected chi connectivity index (χ2v) is 6.45. The largest absolute Gasteiger partial charge is 0.305 e. The monoisotopic (exact) mass is 404 g/mol. The summed E-state index contributed by atoms with van der Waals surface area (Å²) < 4.78 is 1.88. The number of H-pyrrole nitrogens is 2. The predicted octanol–water partition coefficient (Wildman–Crippen LogP) is 4.94. The van der Waals surface area contributed by atoms with E-state index in [1.807, 2.05) is 37.3 Å². The van der Waals surface area contributed by atoms with Gasteiger partial charge in [-0.05, 0) is 38.8 Å². The highest BCUT2D eigenvalue weighted by Crippen LogP contribution is 2.39. The lowest BCUT2D eigenvalue weighted by Crippen LogP contribution is -1.80. The Bertz CT molecular complexity index is 970. The van der Waals surface area contributed by atoms with Crippen molar-refractivity contribution in [1.29, 1.82) is 0 Å². The van der Waals surface area contributed by atoms with Crippen LogP contribution >= 0.6 is 31.9 Å². The summed E-state index contributed by atoms with van der Waals surface area (Å²) in [5, 5.41) is 7.39. The fraction of sp³-hybridized carbons (Fsp3) is 0.0667. The Labute approximate surface area is 137 Å². The molecular weight excluding hydrogens is 396 g/mol. The molecule has 0 aliphatic heterocycles. The van der Waals surface area contributed by atoms with E-state index in [9.17, 15) is 0 Å². The topological polar surface area (TPSA) is 57.4 Å². The smallest absolute Gasteiger partial charge is 0.160 e. The van der Waals surface area contributed by atoms with Crippen LogP contribution in [0.4, 0.5) is 0 Å². The zero-order valence-corrected chi connectivity index (χ0v) is 14.2. The molecule has 0 radical (unpaired) electrons. The first-order valence-corrected chi connectivity index (χ1v) is 8.02. The van der Waals surface area contributed by atoms with Gasteiger partial charge >= 0.3 is 0 Å². The standard InChI is InChI=1S/C15H10Br2N4/c1-7-9-10(16)13-14(11(17)12(9)21-20-7)19-15(18-13)8-5-3-2-4-6-8/h2-6,20-21H,1H3. The van der Waals surface area contributed by atoms with Gasteiger partial charge in [-0.25, -0.2) is 9.97 Å². The second kappa shape index (κ2) is 4.68. The fourth-order valence-electron chi connectivity index (χ4n) is 2.51. The molecule has 0 bridgehead atoms. The summed E-state index contributed by atoms with van der Waals surface area (Å²) in [6, 6.07) is 10.00. The number of nitrogens with one attached hydrogen (secondary N) is 2. The maximum absolute atomic E-state index is 4.70. The third-order valence-electron chi connectivity index (χ3n) is 3.55. The highest BCUT2D eigenvalue weighted by Gasteiger charge is 2.19. The van der Waals surface area contributed by atoms with Crippen LogP contribution in [-0.4, -0.2) is 20.2 Å². The molecule has 0 amide bonds. The number of aryl methyl sites for hydroxylation is 1. The lowest BCUT2D eigenvalue weighted by molar-refractivity contribution is 1.07. The molecule has 0 atom stereocenters. The number of fused-ring (bicyclic) bond motifs is 2. The van der Waals surface area contributed by atoms with Gasteiger partial charge in [0.1, 0.15) is 11.0 Å². The molecule has 0 fully saturated rings. The van der Waals surface area contributed by atoms with E-state index in [0.717, 1.165) is 48.0 Å². The van der Waals surface area contributed by atoms with E-state index in [4.69, 9.17) is 4.98 Å². The van der Waals surface area contributed by atoms with Gasteiger partial charge in [-0.3, -0.25) is 5.10 Å². The average Bonchev–Trinajstić information content (AvgIpc) is 3.10. The third kappa shape index (κ3) is 1.86. The average molecular weight is 406 g/mol. The van der Waals surface area contributed by atoms with Crippen LogP contribution in [0.1, 0.15) is 5.69 Å². The molecule has 21 heavy (non-hydrogen) atoms. The number of imidazole rings is 1. The molecule has 0 unspecified atom stereocenters. The summed E-state index contributed by atoms with van der Waals surface area (Å²) in [7, 11) is 0. The molecule has 2 aromatic heterocycles. The van der Waals surface area contributed by atoms with Gasteiger partial charge in [0, 0.05) is 16.6 Å². The Morgan fingerprint density at radius 2 is 1.57 bits per heavy atom. The van der Waals surface area contributed by atoms with Crippen molar-refractivity contribution in [2.24, 2.45) is 0 Å². The van der Waals surface area contributed by atoms with Gasteiger partial charge in [0.05, 0.1) is 14.5 Å². The van der Waals surface area contributed by atoms with Crippen molar-refractivity contribution in [2.45, 2.75) is 6.92 Å². The number of nitrogens with zero attached hydrogens (tertiary/aromatic N) is 2. The molecule has 0 saturated heterocycles. The first-order chi connectivity index (χ1) is 10.2. The summed E-state index contributed by atoms with van der Waals surface area (Å²) in [4.78, 5) is 9.38. The van der Waals surface area contributed by atoms with Crippen LogP contribution in [0.5, 0.6) is 0 Å². The van der Waals surface area contributed by atoms with Crippen LogP contribution in [-0.2, 0) is 0 Å². The zero-order chi connectivity index (χ0) is 14.6. The van der Waals surface area contributed by atoms with Gasteiger partial charge < -0.3 is 5.10 Å². The molecule has 0 aliphatic rings.